The first-order chi connectivity index (χ1) is 8.95. The summed E-state index contributed by atoms with van der Waals surface area (Å²) < 4.78 is 17.8. The molecule has 1 heterocycles. The summed E-state index contributed by atoms with van der Waals surface area (Å²) in [5.41, 5.74) is -1.93. The van der Waals surface area contributed by atoms with Crippen molar-refractivity contribution in [1.29, 1.82) is 0 Å². The number of aromatic amines is 1. The number of benzene rings is 1. The molecule has 0 saturated heterocycles. The number of carbonyl (C=O) groups excluding carboxylic acids is 1. The number of rotatable bonds is 2. The van der Waals surface area contributed by atoms with Gasteiger partial charge in [-0.05, 0) is 12.1 Å². The van der Waals surface area contributed by atoms with Crippen molar-refractivity contribution in [2.75, 3.05) is 7.11 Å². The highest BCUT2D eigenvalue weighted by Gasteiger charge is 2.22. The highest BCUT2D eigenvalue weighted by atomic mass is 19.1. The van der Waals surface area contributed by atoms with Gasteiger partial charge in [0.15, 0.2) is 5.43 Å². The number of nitro groups is 1. The van der Waals surface area contributed by atoms with Gasteiger partial charge in [-0.15, -0.1) is 0 Å². The summed E-state index contributed by atoms with van der Waals surface area (Å²) >= 11 is 0. The molecular weight excluding hydrogens is 259 g/mol. The van der Waals surface area contributed by atoms with E-state index in [0.29, 0.717) is 0 Å². The van der Waals surface area contributed by atoms with E-state index < -0.39 is 33.2 Å². The maximum Gasteiger partial charge on any atom is 0.354 e. The summed E-state index contributed by atoms with van der Waals surface area (Å²) in [6.07, 6.45) is 0. The molecule has 0 aliphatic heterocycles. The molecule has 98 valence electrons. The predicted octanol–water partition coefficient (Wildman–Crippen LogP) is 1.36. The van der Waals surface area contributed by atoms with E-state index in [1.54, 1.807) is 0 Å². The fourth-order valence-corrected chi connectivity index (χ4v) is 1.70. The summed E-state index contributed by atoms with van der Waals surface area (Å²) in [5, 5.41) is 10.4. The normalized spacial score (nSPS) is 10.4. The lowest BCUT2D eigenvalue weighted by Gasteiger charge is -2.03. The van der Waals surface area contributed by atoms with E-state index in [9.17, 15) is 24.1 Å². The Morgan fingerprint density at radius 2 is 2.16 bits per heavy atom. The van der Waals surface area contributed by atoms with Crippen LogP contribution in [0.2, 0.25) is 0 Å². The van der Waals surface area contributed by atoms with Crippen LogP contribution in [0.15, 0.2) is 23.0 Å². The molecule has 2 rings (SSSR count). The third kappa shape index (κ3) is 2.03. The average molecular weight is 266 g/mol. The standard InChI is InChI=1S/C11H7FN2O5/c1-19-11(16)7-4-8(15)9-6(13-7)3-2-5(12)10(9)14(17)18/h2-4H,1H3,(H,13,15). The second-order valence-electron chi connectivity index (χ2n) is 3.61. The van der Waals surface area contributed by atoms with Gasteiger partial charge in [-0.2, -0.15) is 4.39 Å². The first kappa shape index (κ1) is 12.7. The van der Waals surface area contributed by atoms with E-state index >= 15 is 0 Å². The van der Waals surface area contributed by atoms with Gasteiger partial charge in [0.05, 0.1) is 17.5 Å². The Labute approximate surface area is 104 Å². The van der Waals surface area contributed by atoms with Gasteiger partial charge in [0.2, 0.25) is 5.82 Å². The van der Waals surface area contributed by atoms with Crippen LogP contribution in [-0.2, 0) is 4.74 Å². The van der Waals surface area contributed by atoms with Crippen LogP contribution in [0.5, 0.6) is 0 Å². The Balaban J connectivity index is 2.87. The highest BCUT2D eigenvalue weighted by Crippen LogP contribution is 2.25. The fraction of sp³-hybridized carbons (Fsp3) is 0.0909. The van der Waals surface area contributed by atoms with E-state index in [4.69, 9.17) is 0 Å². The summed E-state index contributed by atoms with van der Waals surface area (Å²) in [7, 11) is 1.12. The predicted molar refractivity (Wildman–Crippen MR) is 62.5 cm³/mol. The monoisotopic (exact) mass is 266 g/mol. The van der Waals surface area contributed by atoms with Gasteiger partial charge in [-0.25, -0.2) is 4.79 Å². The number of esters is 1. The van der Waals surface area contributed by atoms with Crippen LogP contribution in [0, 0.1) is 15.9 Å². The lowest BCUT2D eigenvalue weighted by atomic mass is 10.1. The number of hydrogen-bond acceptors (Lipinski definition) is 5. The van der Waals surface area contributed by atoms with E-state index in [2.05, 4.69) is 9.72 Å². The van der Waals surface area contributed by atoms with Crippen molar-refractivity contribution in [2.45, 2.75) is 0 Å². The summed E-state index contributed by atoms with van der Waals surface area (Å²) in [4.78, 5) is 35.4. The van der Waals surface area contributed by atoms with Gasteiger partial charge >= 0.3 is 11.7 Å². The van der Waals surface area contributed by atoms with Crippen LogP contribution in [0.1, 0.15) is 10.5 Å². The maximum absolute atomic E-state index is 13.4. The van der Waals surface area contributed by atoms with Crippen molar-refractivity contribution >= 4 is 22.6 Å². The molecule has 19 heavy (non-hydrogen) atoms. The molecule has 0 radical (unpaired) electrons. The van der Waals surface area contributed by atoms with Crippen molar-refractivity contribution in [3.63, 3.8) is 0 Å². The van der Waals surface area contributed by atoms with Gasteiger partial charge in [0.25, 0.3) is 0 Å². The van der Waals surface area contributed by atoms with E-state index in [1.807, 2.05) is 0 Å². The maximum atomic E-state index is 13.4. The number of aromatic nitrogens is 1. The summed E-state index contributed by atoms with van der Waals surface area (Å²) in [6.45, 7) is 0. The van der Waals surface area contributed by atoms with Crippen LogP contribution >= 0.6 is 0 Å². The van der Waals surface area contributed by atoms with Gasteiger partial charge in [-0.3, -0.25) is 14.9 Å². The zero-order valence-electron chi connectivity index (χ0n) is 9.60. The summed E-state index contributed by atoms with van der Waals surface area (Å²) in [5.74, 6) is -1.92. The SMILES string of the molecule is COC(=O)c1cc(=O)c2c([N+](=O)[O-])c(F)ccc2[nH]1. The number of methoxy groups -OCH3 is 1. The molecule has 0 saturated carbocycles. The number of pyridine rings is 1. The molecule has 2 aromatic rings. The average Bonchev–Trinajstić information content (AvgIpc) is 2.37. The smallest absolute Gasteiger partial charge is 0.354 e. The number of H-pyrrole nitrogens is 1. The lowest BCUT2D eigenvalue weighted by molar-refractivity contribution is -0.385. The Kier molecular flexibility index (Phi) is 2.99. The molecule has 0 aliphatic rings. The Bertz CT molecular complexity index is 753. The third-order valence-electron chi connectivity index (χ3n) is 2.51. The molecule has 7 nitrogen and oxygen atoms in total. The van der Waals surface area contributed by atoms with Crippen LogP contribution in [0.3, 0.4) is 0 Å². The molecule has 8 heteroatoms. The topological polar surface area (TPSA) is 102 Å². The molecule has 0 bridgehead atoms. The van der Waals surface area contributed by atoms with E-state index in [-0.39, 0.29) is 11.2 Å². The number of ether oxygens (including phenoxy) is 1. The molecule has 0 spiro atoms. The van der Waals surface area contributed by atoms with Crippen molar-refractivity contribution in [1.82, 2.24) is 4.98 Å². The quantitative estimate of drug-likeness (QED) is 0.502. The molecular formula is C11H7FN2O5. The highest BCUT2D eigenvalue weighted by molar-refractivity contribution is 5.93. The van der Waals surface area contributed by atoms with Crippen LogP contribution < -0.4 is 5.43 Å². The number of nitrogens with one attached hydrogen (secondary N) is 1. The van der Waals surface area contributed by atoms with Crippen LogP contribution in [0.4, 0.5) is 10.1 Å². The molecule has 0 unspecified atom stereocenters. The lowest BCUT2D eigenvalue weighted by Crippen LogP contribution is -2.13. The largest absolute Gasteiger partial charge is 0.464 e. The van der Waals surface area contributed by atoms with Crippen molar-refractivity contribution in [3.8, 4) is 0 Å². The Morgan fingerprint density at radius 3 is 2.74 bits per heavy atom. The molecule has 0 amide bonds. The number of carbonyl (C=O) groups is 1. The second-order valence-corrected chi connectivity index (χ2v) is 3.61. The molecule has 1 aromatic carbocycles. The number of hydrogen-bond donors (Lipinski definition) is 1. The van der Waals surface area contributed by atoms with Crippen molar-refractivity contribution in [3.05, 3.63) is 50.0 Å². The number of fused-ring (bicyclic) bond motifs is 1. The van der Waals surface area contributed by atoms with Gasteiger partial charge in [-0.1, -0.05) is 0 Å². The molecule has 0 fully saturated rings. The van der Waals surface area contributed by atoms with Gasteiger partial charge in [0, 0.05) is 6.07 Å². The molecule has 1 aromatic heterocycles. The summed E-state index contributed by atoms with van der Waals surface area (Å²) in [6, 6.07) is 2.82. The fourth-order valence-electron chi connectivity index (χ4n) is 1.70. The zero-order valence-corrected chi connectivity index (χ0v) is 9.60. The van der Waals surface area contributed by atoms with E-state index in [0.717, 1.165) is 25.3 Å². The first-order valence-electron chi connectivity index (χ1n) is 5.04. The first-order valence-corrected chi connectivity index (χ1v) is 5.04. The molecule has 0 atom stereocenters. The number of halogens is 1. The van der Waals surface area contributed by atoms with Gasteiger partial charge in [0.1, 0.15) is 11.1 Å². The van der Waals surface area contributed by atoms with Crippen LogP contribution in [0.25, 0.3) is 10.9 Å². The second kappa shape index (κ2) is 4.48. The van der Waals surface area contributed by atoms with Crippen molar-refractivity contribution < 1.29 is 18.8 Å². The number of nitro benzene ring substituents is 1. The van der Waals surface area contributed by atoms with Crippen LogP contribution in [-0.4, -0.2) is 23.0 Å². The third-order valence-corrected chi connectivity index (χ3v) is 2.51. The minimum atomic E-state index is -1.12. The Morgan fingerprint density at radius 1 is 1.47 bits per heavy atom. The zero-order chi connectivity index (χ0) is 14.2. The molecule has 1 N–H and O–H groups in total. The van der Waals surface area contributed by atoms with E-state index in [1.165, 1.54) is 0 Å². The minimum absolute atomic E-state index is 0.0130. The van der Waals surface area contributed by atoms with Crippen molar-refractivity contribution in [2.24, 2.45) is 0 Å². The Hall–Kier alpha value is -2.77. The molecule has 0 aliphatic carbocycles. The minimum Gasteiger partial charge on any atom is -0.464 e. The van der Waals surface area contributed by atoms with Gasteiger partial charge < -0.3 is 9.72 Å². The number of nitrogens with zero attached hydrogens (tertiary/aromatic N) is 1.